The van der Waals surface area contributed by atoms with E-state index in [0.717, 1.165) is 12.1 Å². The standard InChI is InChI=1S/C13H16F3NO2/c1-8(2)12(19)17-11(7-18)9-3-5-10(6-4-9)13(14,15)16/h3-6,8,11,18H,7H2,1-2H3,(H,17,19). The minimum absolute atomic E-state index is 0.261. The maximum Gasteiger partial charge on any atom is 0.416 e. The highest BCUT2D eigenvalue weighted by Gasteiger charge is 2.30. The summed E-state index contributed by atoms with van der Waals surface area (Å²) in [7, 11) is 0. The Labute approximate surface area is 109 Å². The second-order valence-corrected chi connectivity index (χ2v) is 4.52. The van der Waals surface area contributed by atoms with Crippen molar-refractivity contribution in [2.45, 2.75) is 26.1 Å². The van der Waals surface area contributed by atoms with Crippen LogP contribution >= 0.6 is 0 Å². The summed E-state index contributed by atoms with van der Waals surface area (Å²) in [5.74, 6) is -0.526. The molecule has 1 rings (SSSR count). The fraction of sp³-hybridized carbons (Fsp3) is 0.462. The van der Waals surface area contributed by atoms with Gasteiger partial charge in [-0.15, -0.1) is 0 Å². The molecule has 19 heavy (non-hydrogen) atoms. The number of alkyl halides is 3. The minimum Gasteiger partial charge on any atom is -0.394 e. The van der Waals surface area contributed by atoms with Crippen molar-refractivity contribution >= 4 is 5.91 Å². The third-order valence-corrected chi connectivity index (χ3v) is 2.66. The molecule has 0 saturated heterocycles. The molecule has 1 aromatic carbocycles. The summed E-state index contributed by atoms with van der Waals surface area (Å²) in [4.78, 5) is 11.5. The van der Waals surface area contributed by atoms with Crippen molar-refractivity contribution in [3.63, 3.8) is 0 Å². The van der Waals surface area contributed by atoms with Crippen LogP contribution in [0.15, 0.2) is 24.3 Å². The van der Waals surface area contributed by atoms with E-state index in [9.17, 15) is 23.1 Å². The predicted octanol–water partition coefficient (Wildman–Crippen LogP) is 2.51. The summed E-state index contributed by atoms with van der Waals surface area (Å²) < 4.78 is 37.2. The lowest BCUT2D eigenvalue weighted by atomic mass is 10.0. The smallest absolute Gasteiger partial charge is 0.394 e. The quantitative estimate of drug-likeness (QED) is 0.887. The summed E-state index contributed by atoms with van der Waals surface area (Å²) in [6.07, 6.45) is -4.39. The van der Waals surface area contributed by atoms with Gasteiger partial charge in [-0.1, -0.05) is 26.0 Å². The van der Waals surface area contributed by atoms with Gasteiger partial charge in [0.1, 0.15) is 0 Å². The van der Waals surface area contributed by atoms with E-state index in [1.54, 1.807) is 13.8 Å². The maximum absolute atomic E-state index is 12.4. The molecule has 6 heteroatoms. The SMILES string of the molecule is CC(C)C(=O)NC(CO)c1ccc(C(F)(F)F)cc1. The van der Waals surface area contributed by atoms with Gasteiger partial charge in [0.05, 0.1) is 18.2 Å². The first kappa shape index (κ1) is 15.5. The molecule has 0 saturated carbocycles. The average Bonchev–Trinajstić information content (AvgIpc) is 2.34. The van der Waals surface area contributed by atoms with Gasteiger partial charge in [0.15, 0.2) is 0 Å². The molecule has 0 bridgehead atoms. The lowest BCUT2D eigenvalue weighted by Crippen LogP contribution is -2.33. The summed E-state index contributed by atoms with van der Waals surface area (Å²) >= 11 is 0. The van der Waals surface area contributed by atoms with Crippen LogP contribution in [0.2, 0.25) is 0 Å². The van der Waals surface area contributed by atoms with Gasteiger partial charge < -0.3 is 10.4 Å². The first-order valence-corrected chi connectivity index (χ1v) is 5.84. The Morgan fingerprint density at radius 3 is 2.16 bits per heavy atom. The third kappa shape index (κ3) is 4.24. The van der Waals surface area contributed by atoms with Gasteiger partial charge in [-0.05, 0) is 17.7 Å². The van der Waals surface area contributed by atoms with E-state index in [0.29, 0.717) is 5.56 Å². The molecule has 1 amide bonds. The van der Waals surface area contributed by atoms with Crippen LogP contribution in [0, 0.1) is 5.92 Å². The van der Waals surface area contributed by atoms with Crippen LogP contribution < -0.4 is 5.32 Å². The molecule has 0 heterocycles. The van der Waals surface area contributed by atoms with Crippen molar-refractivity contribution in [3.8, 4) is 0 Å². The van der Waals surface area contributed by atoms with E-state index in [-0.39, 0.29) is 18.4 Å². The van der Waals surface area contributed by atoms with Gasteiger partial charge in [-0.3, -0.25) is 4.79 Å². The Bertz CT molecular complexity index is 427. The Morgan fingerprint density at radius 1 is 1.26 bits per heavy atom. The molecular formula is C13H16F3NO2. The van der Waals surface area contributed by atoms with Crippen molar-refractivity contribution in [2.75, 3.05) is 6.61 Å². The number of hydrogen-bond donors (Lipinski definition) is 2. The molecule has 0 aromatic heterocycles. The second-order valence-electron chi connectivity index (χ2n) is 4.52. The molecular weight excluding hydrogens is 259 g/mol. The topological polar surface area (TPSA) is 49.3 Å². The van der Waals surface area contributed by atoms with Crippen molar-refractivity contribution in [1.29, 1.82) is 0 Å². The van der Waals surface area contributed by atoms with E-state index >= 15 is 0 Å². The van der Waals surface area contributed by atoms with E-state index in [1.807, 2.05) is 0 Å². The highest BCUT2D eigenvalue weighted by molar-refractivity contribution is 5.78. The van der Waals surface area contributed by atoms with E-state index in [4.69, 9.17) is 0 Å². The van der Waals surface area contributed by atoms with Crippen LogP contribution in [0.4, 0.5) is 13.2 Å². The molecule has 1 unspecified atom stereocenters. The summed E-state index contributed by atoms with van der Waals surface area (Å²) in [6, 6.07) is 3.67. The highest BCUT2D eigenvalue weighted by Crippen LogP contribution is 2.29. The predicted molar refractivity (Wildman–Crippen MR) is 64.3 cm³/mol. The van der Waals surface area contributed by atoms with Crippen LogP contribution in [0.3, 0.4) is 0 Å². The summed E-state index contributed by atoms with van der Waals surface area (Å²) in [5.41, 5.74) is -0.326. The number of benzene rings is 1. The zero-order valence-electron chi connectivity index (χ0n) is 10.7. The number of amides is 1. The van der Waals surface area contributed by atoms with Gasteiger partial charge in [0, 0.05) is 5.92 Å². The molecule has 0 radical (unpaired) electrons. The van der Waals surface area contributed by atoms with Crippen molar-refractivity contribution < 1.29 is 23.1 Å². The van der Waals surface area contributed by atoms with Gasteiger partial charge in [0.2, 0.25) is 5.91 Å². The van der Waals surface area contributed by atoms with E-state index < -0.39 is 17.8 Å². The molecule has 106 valence electrons. The van der Waals surface area contributed by atoms with Crippen LogP contribution in [-0.4, -0.2) is 17.6 Å². The van der Waals surface area contributed by atoms with Crippen molar-refractivity contribution in [2.24, 2.45) is 5.92 Å². The third-order valence-electron chi connectivity index (χ3n) is 2.66. The molecule has 1 aromatic rings. The Balaban J connectivity index is 2.85. The number of halogens is 3. The molecule has 2 N–H and O–H groups in total. The Morgan fingerprint density at radius 2 is 1.79 bits per heavy atom. The number of nitrogens with one attached hydrogen (secondary N) is 1. The van der Waals surface area contributed by atoms with Gasteiger partial charge in [-0.2, -0.15) is 13.2 Å². The Kier molecular flexibility index (Phi) is 4.94. The van der Waals surface area contributed by atoms with Crippen LogP contribution in [0.5, 0.6) is 0 Å². The zero-order valence-corrected chi connectivity index (χ0v) is 10.7. The largest absolute Gasteiger partial charge is 0.416 e. The second kappa shape index (κ2) is 6.06. The first-order valence-electron chi connectivity index (χ1n) is 5.84. The molecule has 0 fully saturated rings. The zero-order chi connectivity index (χ0) is 14.6. The van der Waals surface area contributed by atoms with Gasteiger partial charge in [-0.25, -0.2) is 0 Å². The molecule has 0 spiro atoms. The number of carbonyl (C=O) groups excluding carboxylic acids is 1. The van der Waals surface area contributed by atoms with Crippen molar-refractivity contribution in [3.05, 3.63) is 35.4 Å². The fourth-order valence-electron chi connectivity index (χ4n) is 1.48. The molecule has 0 aliphatic carbocycles. The number of hydrogen-bond acceptors (Lipinski definition) is 2. The van der Waals surface area contributed by atoms with Gasteiger partial charge >= 0.3 is 6.18 Å². The van der Waals surface area contributed by atoms with Crippen LogP contribution in [0.1, 0.15) is 31.0 Å². The average molecular weight is 275 g/mol. The highest BCUT2D eigenvalue weighted by atomic mass is 19.4. The monoisotopic (exact) mass is 275 g/mol. The molecule has 0 aliphatic heterocycles. The summed E-state index contributed by atoms with van der Waals surface area (Å²) in [5, 5.41) is 11.8. The van der Waals surface area contributed by atoms with E-state index in [1.165, 1.54) is 12.1 Å². The number of rotatable bonds is 4. The first-order chi connectivity index (χ1) is 8.75. The van der Waals surface area contributed by atoms with Crippen LogP contribution in [-0.2, 0) is 11.0 Å². The fourth-order valence-corrected chi connectivity index (χ4v) is 1.48. The van der Waals surface area contributed by atoms with E-state index in [2.05, 4.69) is 5.32 Å². The lowest BCUT2D eigenvalue weighted by Gasteiger charge is -2.18. The minimum atomic E-state index is -4.39. The lowest BCUT2D eigenvalue weighted by molar-refractivity contribution is -0.137. The van der Waals surface area contributed by atoms with Gasteiger partial charge in [0.25, 0.3) is 0 Å². The number of aliphatic hydroxyl groups is 1. The number of aliphatic hydroxyl groups excluding tert-OH is 1. The molecule has 1 atom stereocenters. The summed E-state index contributed by atoms with van der Waals surface area (Å²) in [6.45, 7) is 3.01. The Hall–Kier alpha value is -1.56. The molecule has 0 aliphatic rings. The number of carbonyl (C=O) groups is 1. The molecule has 3 nitrogen and oxygen atoms in total. The maximum atomic E-state index is 12.4. The normalized spacial score (nSPS) is 13.4. The van der Waals surface area contributed by atoms with Crippen molar-refractivity contribution in [1.82, 2.24) is 5.32 Å². The van der Waals surface area contributed by atoms with Crippen LogP contribution in [0.25, 0.3) is 0 Å².